The zero-order valence-electron chi connectivity index (χ0n) is 11.7. The molecule has 2 heterocycles. The van der Waals surface area contributed by atoms with Crippen LogP contribution in [-0.4, -0.2) is 34.4 Å². The summed E-state index contributed by atoms with van der Waals surface area (Å²) in [6.45, 7) is 1.97. The van der Waals surface area contributed by atoms with Crippen LogP contribution in [0.25, 0.3) is 0 Å². The van der Waals surface area contributed by atoms with Gasteiger partial charge in [0.1, 0.15) is 6.10 Å². The molecule has 0 amide bonds. The lowest BCUT2D eigenvalue weighted by Gasteiger charge is -2.35. The lowest BCUT2D eigenvalue weighted by molar-refractivity contribution is 0.0419. The first-order chi connectivity index (χ1) is 10.1. The molecular weight excluding hydrogens is 306 g/mol. The van der Waals surface area contributed by atoms with Crippen LogP contribution in [0.5, 0.6) is 0 Å². The molecule has 0 saturated carbocycles. The summed E-state index contributed by atoms with van der Waals surface area (Å²) < 4.78 is 29.7. The average Bonchev–Trinajstić information content (AvgIpc) is 3.01. The number of hydrogen-bond donors (Lipinski definition) is 0. The van der Waals surface area contributed by atoms with Crippen molar-refractivity contribution in [1.82, 2.24) is 0 Å². The summed E-state index contributed by atoms with van der Waals surface area (Å²) in [5.41, 5.74) is 0.768. The Hall–Kier alpha value is -1.37. The van der Waals surface area contributed by atoms with Crippen LogP contribution >= 0.6 is 11.3 Å². The maximum atomic E-state index is 12.0. The molecule has 3 rings (SSSR count). The second kappa shape index (κ2) is 5.79. The van der Waals surface area contributed by atoms with Crippen molar-refractivity contribution in [2.24, 2.45) is 0 Å². The molecule has 0 aliphatic carbocycles. The fourth-order valence-corrected chi connectivity index (χ4v) is 4.22. The molecule has 0 N–H and O–H groups in total. The average molecular weight is 323 g/mol. The van der Waals surface area contributed by atoms with Crippen molar-refractivity contribution in [2.75, 3.05) is 30.9 Å². The van der Waals surface area contributed by atoms with Crippen LogP contribution in [0.15, 0.2) is 46.7 Å². The minimum absolute atomic E-state index is 0.00589. The zero-order chi connectivity index (χ0) is 14.9. The fourth-order valence-electron chi connectivity index (χ4n) is 2.55. The minimum atomic E-state index is -3.23. The van der Waals surface area contributed by atoms with Crippen molar-refractivity contribution in [3.8, 4) is 0 Å². The summed E-state index contributed by atoms with van der Waals surface area (Å²) in [5.74, 6) is 0. The van der Waals surface area contributed by atoms with Crippen molar-refractivity contribution in [1.29, 1.82) is 0 Å². The number of hydrogen-bond acceptors (Lipinski definition) is 5. The third-order valence-corrected chi connectivity index (χ3v) is 5.64. The first-order valence-corrected chi connectivity index (χ1v) is 9.52. The van der Waals surface area contributed by atoms with E-state index in [2.05, 4.69) is 11.0 Å². The van der Waals surface area contributed by atoms with Crippen molar-refractivity contribution >= 4 is 26.9 Å². The molecule has 0 spiro atoms. The predicted octanol–water partition coefficient (Wildman–Crippen LogP) is 2.73. The van der Waals surface area contributed by atoms with Crippen molar-refractivity contribution in [2.45, 2.75) is 11.0 Å². The van der Waals surface area contributed by atoms with E-state index >= 15 is 0 Å². The number of sulfone groups is 1. The molecule has 1 atom stereocenters. The van der Waals surface area contributed by atoms with E-state index in [4.69, 9.17) is 4.74 Å². The van der Waals surface area contributed by atoms with E-state index in [0.29, 0.717) is 24.6 Å². The van der Waals surface area contributed by atoms with Gasteiger partial charge in [-0.05, 0) is 23.6 Å². The number of benzene rings is 1. The molecule has 0 radical (unpaired) electrons. The standard InChI is InChI=1S/C15H17NO3S2/c1-21(17,18)15-7-3-2-5-12(15)16-8-9-19-13(11-16)14-6-4-10-20-14/h2-7,10,13H,8-9,11H2,1H3. The zero-order valence-corrected chi connectivity index (χ0v) is 13.4. The van der Waals surface area contributed by atoms with Crippen LogP contribution in [0.3, 0.4) is 0 Å². The number of morpholine rings is 1. The van der Waals surface area contributed by atoms with Crippen LogP contribution in [-0.2, 0) is 14.6 Å². The molecule has 21 heavy (non-hydrogen) atoms. The Morgan fingerprint density at radius 2 is 2.05 bits per heavy atom. The Balaban J connectivity index is 1.91. The van der Waals surface area contributed by atoms with Gasteiger partial charge in [-0.1, -0.05) is 18.2 Å². The molecular formula is C15H17NO3S2. The Labute approximate surface area is 128 Å². The lowest BCUT2D eigenvalue weighted by atomic mass is 10.2. The SMILES string of the molecule is CS(=O)(=O)c1ccccc1N1CCOC(c2cccs2)C1. The van der Waals surface area contributed by atoms with Crippen LogP contribution in [0, 0.1) is 0 Å². The molecule has 112 valence electrons. The highest BCUT2D eigenvalue weighted by Gasteiger charge is 2.26. The van der Waals surface area contributed by atoms with E-state index in [-0.39, 0.29) is 6.10 Å². The van der Waals surface area contributed by atoms with Gasteiger partial charge in [0.15, 0.2) is 9.84 Å². The smallest absolute Gasteiger partial charge is 0.177 e. The quantitative estimate of drug-likeness (QED) is 0.871. The molecule has 1 aromatic carbocycles. The summed E-state index contributed by atoms with van der Waals surface area (Å²) >= 11 is 1.67. The largest absolute Gasteiger partial charge is 0.369 e. The van der Waals surface area contributed by atoms with Gasteiger partial charge in [-0.25, -0.2) is 8.42 Å². The summed E-state index contributed by atoms with van der Waals surface area (Å²) in [6.07, 6.45) is 1.26. The minimum Gasteiger partial charge on any atom is -0.369 e. The Bertz CT molecular complexity index is 710. The topological polar surface area (TPSA) is 46.6 Å². The van der Waals surface area contributed by atoms with Gasteiger partial charge in [-0.2, -0.15) is 0 Å². The van der Waals surface area contributed by atoms with Gasteiger partial charge in [0.05, 0.1) is 17.2 Å². The van der Waals surface area contributed by atoms with E-state index in [0.717, 1.165) is 5.69 Å². The highest BCUT2D eigenvalue weighted by atomic mass is 32.2. The molecule has 1 saturated heterocycles. The molecule has 2 aromatic rings. The molecule has 1 aliphatic heterocycles. The monoisotopic (exact) mass is 323 g/mol. The number of thiophene rings is 1. The van der Waals surface area contributed by atoms with Crippen LogP contribution in [0.1, 0.15) is 11.0 Å². The number of para-hydroxylation sites is 1. The van der Waals surface area contributed by atoms with Gasteiger partial charge in [0.2, 0.25) is 0 Å². The van der Waals surface area contributed by atoms with Crippen molar-refractivity contribution in [3.05, 3.63) is 46.7 Å². The normalized spacial score (nSPS) is 19.7. The highest BCUT2D eigenvalue weighted by Crippen LogP contribution is 2.31. The predicted molar refractivity (Wildman–Crippen MR) is 84.8 cm³/mol. The van der Waals surface area contributed by atoms with Gasteiger partial charge in [0.25, 0.3) is 0 Å². The van der Waals surface area contributed by atoms with Gasteiger partial charge in [0, 0.05) is 24.2 Å². The summed E-state index contributed by atoms with van der Waals surface area (Å²) in [4.78, 5) is 3.66. The molecule has 1 fully saturated rings. The lowest BCUT2D eigenvalue weighted by Crippen LogP contribution is -2.38. The van der Waals surface area contributed by atoms with E-state index in [1.807, 2.05) is 23.6 Å². The number of anilines is 1. The van der Waals surface area contributed by atoms with Gasteiger partial charge in [-0.3, -0.25) is 0 Å². The summed E-state index contributed by atoms with van der Waals surface area (Å²) in [6, 6.07) is 11.2. The van der Waals surface area contributed by atoms with E-state index in [9.17, 15) is 8.42 Å². The van der Waals surface area contributed by atoms with Gasteiger partial charge < -0.3 is 9.64 Å². The molecule has 1 unspecified atom stereocenters. The molecule has 6 heteroatoms. The number of rotatable bonds is 3. The Morgan fingerprint density at radius 1 is 1.24 bits per heavy atom. The van der Waals surface area contributed by atoms with E-state index < -0.39 is 9.84 Å². The van der Waals surface area contributed by atoms with Crippen molar-refractivity contribution in [3.63, 3.8) is 0 Å². The number of nitrogens with zero attached hydrogens (tertiary/aromatic N) is 1. The molecule has 4 nitrogen and oxygen atoms in total. The van der Waals surface area contributed by atoms with Gasteiger partial charge in [-0.15, -0.1) is 11.3 Å². The maximum absolute atomic E-state index is 12.0. The third kappa shape index (κ3) is 3.12. The Morgan fingerprint density at radius 3 is 2.76 bits per heavy atom. The highest BCUT2D eigenvalue weighted by molar-refractivity contribution is 7.90. The van der Waals surface area contributed by atoms with Crippen LogP contribution in [0.2, 0.25) is 0 Å². The molecule has 0 bridgehead atoms. The molecule has 1 aliphatic rings. The van der Waals surface area contributed by atoms with Crippen LogP contribution < -0.4 is 4.90 Å². The second-order valence-electron chi connectivity index (χ2n) is 5.06. The summed E-state index contributed by atoms with van der Waals surface area (Å²) in [5, 5.41) is 2.03. The van der Waals surface area contributed by atoms with Crippen LogP contribution in [0.4, 0.5) is 5.69 Å². The maximum Gasteiger partial charge on any atom is 0.177 e. The Kier molecular flexibility index (Phi) is 4.01. The summed E-state index contributed by atoms with van der Waals surface area (Å²) in [7, 11) is -3.23. The van der Waals surface area contributed by atoms with E-state index in [1.165, 1.54) is 11.1 Å². The first-order valence-electron chi connectivity index (χ1n) is 6.75. The second-order valence-corrected chi connectivity index (χ2v) is 8.02. The number of ether oxygens (including phenoxy) is 1. The van der Waals surface area contributed by atoms with Gasteiger partial charge >= 0.3 is 0 Å². The molecule has 1 aromatic heterocycles. The van der Waals surface area contributed by atoms with E-state index in [1.54, 1.807) is 23.5 Å². The third-order valence-electron chi connectivity index (χ3n) is 3.53. The first kappa shape index (κ1) is 14.6. The van der Waals surface area contributed by atoms with Crippen molar-refractivity contribution < 1.29 is 13.2 Å². The fraction of sp³-hybridized carbons (Fsp3) is 0.333.